The van der Waals surface area contributed by atoms with Gasteiger partial charge in [-0.05, 0) is 18.9 Å². The second-order valence-electron chi connectivity index (χ2n) is 7.38. The summed E-state index contributed by atoms with van der Waals surface area (Å²) in [5, 5.41) is 5.17. The van der Waals surface area contributed by atoms with E-state index in [0.29, 0.717) is 41.7 Å². The van der Waals surface area contributed by atoms with Gasteiger partial charge >= 0.3 is 6.18 Å². The average Bonchev–Trinajstić information content (AvgIpc) is 3.27. The van der Waals surface area contributed by atoms with E-state index in [0.717, 1.165) is 6.07 Å². The van der Waals surface area contributed by atoms with Crippen molar-refractivity contribution in [2.24, 2.45) is 0 Å². The molecule has 168 valence electrons. The Morgan fingerprint density at radius 2 is 1.90 bits per heavy atom. The number of alkyl halides is 3. The maximum absolute atomic E-state index is 13.2. The van der Waals surface area contributed by atoms with Gasteiger partial charge < -0.3 is 10.6 Å². The number of piperidine rings is 1. The summed E-state index contributed by atoms with van der Waals surface area (Å²) in [6.45, 7) is 0.859. The van der Waals surface area contributed by atoms with Gasteiger partial charge in [0.25, 0.3) is 0 Å². The molecule has 0 aromatic carbocycles. The number of fused-ring (bicyclic) bond motifs is 1. The summed E-state index contributed by atoms with van der Waals surface area (Å²) in [4.78, 5) is 10.4. The number of sulfonamides is 1. The van der Waals surface area contributed by atoms with Crippen LogP contribution in [0.25, 0.3) is 16.2 Å². The van der Waals surface area contributed by atoms with Crippen molar-refractivity contribution < 1.29 is 21.6 Å². The van der Waals surface area contributed by atoms with Crippen LogP contribution in [0.5, 0.6) is 0 Å². The quantitative estimate of drug-likeness (QED) is 0.617. The first kappa shape index (κ1) is 21.8. The topological polar surface area (TPSA) is 110 Å². The van der Waals surface area contributed by atoms with E-state index in [1.165, 1.54) is 38.8 Å². The number of pyridine rings is 1. The molecule has 0 amide bonds. The van der Waals surface area contributed by atoms with Gasteiger partial charge in [-0.1, -0.05) is 11.3 Å². The fourth-order valence-electron chi connectivity index (χ4n) is 3.58. The van der Waals surface area contributed by atoms with Crippen LogP contribution >= 0.6 is 11.3 Å². The maximum atomic E-state index is 13.2. The summed E-state index contributed by atoms with van der Waals surface area (Å²) in [5.41, 5.74) is 4.96. The molecule has 3 aromatic rings. The lowest BCUT2D eigenvalue weighted by Crippen LogP contribution is -2.45. The molecule has 3 aromatic heterocycles. The van der Waals surface area contributed by atoms with Crippen LogP contribution in [-0.2, 0) is 16.2 Å². The minimum Gasteiger partial charge on any atom is -0.383 e. The molecule has 1 saturated heterocycles. The van der Waals surface area contributed by atoms with Gasteiger partial charge in [0.05, 0.1) is 23.7 Å². The van der Waals surface area contributed by atoms with Crippen molar-refractivity contribution in [3.05, 3.63) is 24.0 Å². The van der Waals surface area contributed by atoms with Crippen LogP contribution in [0, 0.1) is 0 Å². The third-order valence-corrected chi connectivity index (χ3v) is 7.65. The Hall–Kier alpha value is -2.45. The van der Waals surface area contributed by atoms with E-state index >= 15 is 0 Å². The molecular formula is C17H20F3N7O2S2. The van der Waals surface area contributed by atoms with Crippen LogP contribution in [0.1, 0.15) is 18.4 Å². The summed E-state index contributed by atoms with van der Waals surface area (Å²) in [6, 6.07) is 1.03. The number of imidazole rings is 1. The van der Waals surface area contributed by atoms with Gasteiger partial charge in [0, 0.05) is 37.9 Å². The number of aromatic nitrogens is 4. The Kier molecular flexibility index (Phi) is 5.34. The molecule has 0 unspecified atom stereocenters. The number of nitrogens with two attached hydrogens (primary N) is 1. The molecule has 0 spiro atoms. The van der Waals surface area contributed by atoms with Crippen molar-refractivity contribution in [1.29, 1.82) is 0 Å². The van der Waals surface area contributed by atoms with Crippen LogP contribution < -0.4 is 10.6 Å². The lowest BCUT2D eigenvalue weighted by molar-refractivity contribution is -0.137. The molecule has 9 nitrogen and oxygen atoms in total. The summed E-state index contributed by atoms with van der Waals surface area (Å²) in [5.74, 6) is -0.587. The Morgan fingerprint density at radius 3 is 2.52 bits per heavy atom. The largest absolute Gasteiger partial charge is 0.419 e. The Labute approximate surface area is 180 Å². The Morgan fingerprint density at radius 1 is 1.23 bits per heavy atom. The second kappa shape index (κ2) is 7.60. The van der Waals surface area contributed by atoms with Crippen molar-refractivity contribution in [2.75, 3.05) is 37.0 Å². The fourth-order valence-corrected chi connectivity index (χ4v) is 5.37. The number of rotatable bonds is 4. The predicted molar refractivity (Wildman–Crippen MR) is 111 cm³/mol. The van der Waals surface area contributed by atoms with Gasteiger partial charge in [0.2, 0.25) is 20.1 Å². The van der Waals surface area contributed by atoms with Crippen molar-refractivity contribution in [3.63, 3.8) is 0 Å². The van der Waals surface area contributed by atoms with Crippen LogP contribution in [0.2, 0.25) is 0 Å². The highest BCUT2D eigenvalue weighted by Gasteiger charge is 2.34. The van der Waals surface area contributed by atoms with E-state index in [1.807, 2.05) is 11.9 Å². The predicted octanol–water partition coefficient (Wildman–Crippen LogP) is 2.31. The standard InChI is InChI=1S/C17H20F3N7O2S2/c1-25(11-3-5-26(6-4-11)31(2,28)29)16-24-27-13(9-23-15(27)30-16)10-7-12(17(18,19)20)14(21)22-8-10/h7-9,11H,3-6H2,1-2H3,(H2,21,22). The molecule has 0 bridgehead atoms. The van der Waals surface area contributed by atoms with E-state index in [1.54, 1.807) is 0 Å². The van der Waals surface area contributed by atoms with E-state index in [-0.39, 0.29) is 11.6 Å². The maximum Gasteiger partial charge on any atom is 0.419 e. The first-order valence-corrected chi connectivity index (χ1v) is 12.0. The van der Waals surface area contributed by atoms with E-state index in [4.69, 9.17) is 5.73 Å². The number of hydrogen-bond acceptors (Lipinski definition) is 8. The highest BCUT2D eigenvalue weighted by atomic mass is 32.2. The fraction of sp³-hybridized carbons (Fsp3) is 0.471. The van der Waals surface area contributed by atoms with Crippen LogP contribution in [-0.4, -0.2) is 64.7 Å². The van der Waals surface area contributed by atoms with Crippen molar-refractivity contribution in [1.82, 2.24) is 23.9 Å². The molecule has 1 fully saturated rings. The lowest BCUT2D eigenvalue weighted by Gasteiger charge is -2.35. The molecular weight excluding hydrogens is 455 g/mol. The lowest BCUT2D eigenvalue weighted by atomic mass is 10.1. The SMILES string of the molecule is CN(c1nn2c(-c3cnc(N)c(C(F)(F)F)c3)cnc2s1)C1CCN(S(C)(=O)=O)CC1. The first-order chi connectivity index (χ1) is 14.4. The molecule has 31 heavy (non-hydrogen) atoms. The zero-order chi connectivity index (χ0) is 22.6. The first-order valence-electron chi connectivity index (χ1n) is 9.31. The summed E-state index contributed by atoms with van der Waals surface area (Å²) >= 11 is 1.30. The minimum absolute atomic E-state index is 0.0901. The summed E-state index contributed by atoms with van der Waals surface area (Å²) in [7, 11) is -1.35. The molecule has 4 rings (SSSR count). The molecule has 14 heteroatoms. The average molecular weight is 476 g/mol. The molecule has 0 aliphatic carbocycles. The minimum atomic E-state index is -4.62. The normalized spacial score (nSPS) is 16.8. The van der Waals surface area contributed by atoms with Crippen molar-refractivity contribution >= 4 is 37.3 Å². The summed E-state index contributed by atoms with van der Waals surface area (Å²) < 4.78 is 65.9. The second-order valence-corrected chi connectivity index (χ2v) is 10.3. The zero-order valence-electron chi connectivity index (χ0n) is 16.7. The van der Waals surface area contributed by atoms with Crippen LogP contribution in [0.3, 0.4) is 0 Å². The van der Waals surface area contributed by atoms with Gasteiger partial charge in [0.15, 0.2) is 0 Å². The van der Waals surface area contributed by atoms with Crippen molar-refractivity contribution in [3.8, 4) is 11.3 Å². The smallest absolute Gasteiger partial charge is 0.383 e. The van der Waals surface area contributed by atoms with Gasteiger partial charge in [0.1, 0.15) is 5.82 Å². The molecule has 0 atom stereocenters. The third kappa shape index (κ3) is 4.19. The molecule has 0 saturated carbocycles. The van der Waals surface area contributed by atoms with Crippen LogP contribution in [0.4, 0.5) is 24.1 Å². The highest BCUT2D eigenvalue weighted by molar-refractivity contribution is 7.88. The third-order valence-electron chi connectivity index (χ3n) is 5.34. The zero-order valence-corrected chi connectivity index (χ0v) is 18.3. The Balaban J connectivity index is 1.60. The van der Waals surface area contributed by atoms with E-state index in [2.05, 4.69) is 15.1 Å². The monoisotopic (exact) mass is 475 g/mol. The van der Waals surface area contributed by atoms with Gasteiger partial charge in [-0.15, -0.1) is 5.10 Å². The Bertz CT molecular complexity index is 1210. The highest BCUT2D eigenvalue weighted by Crippen LogP contribution is 2.36. The van der Waals surface area contributed by atoms with Gasteiger partial charge in [-0.2, -0.15) is 13.2 Å². The molecule has 4 heterocycles. The van der Waals surface area contributed by atoms with Gasteiger partial charge in [-0.25, -0.2) is 27.2 Å². The van der Waals surface area contributed by atoms with E-state index in [9.17, 15) is 21.6 Å². The number of nitrogen functional groups attached to an aromatic ring is 1. The number of hydrogen-bond donors (Lipinski definition) is 1. The number of nitrogens with zero attached hydrogens (tertiary/aromatic N) is 6. The molecule has 1 aliphatic rings. The van der Waals surface area contributed by atoms with Gasteiger partial charge in [-0.3, -0.25) is 0 Å². The van der Waals surface area contributed by atoms with Crippen LogP contribution in [0.15, 0.2) is 18.5 Å². The van der Waals surface area contributed by atoms with E-state index < -0.39 is 27.6 Å². The van der Waals surface area contributed by atoms with Crippen molar-refractivity contribution in [2.45, 2.75) is 25.1 Å². The number of anilines is 2. The number of halogens is 3. The summed E-state index contributed by atoms with van der Waals surface area (Å²) in [6.07, 6.45) is 0.582. The molecule has 1 aliphatic heterocycles. The molecule has 0 radical (unpaired) electrons. The molecule has 2 N–H and O–H groups in total.